The van der Waals surface area contributed by atoms with E-state index >= 15 is 0 Å². The van der Waals surface area contributed by atoms with Crippen LogP contribution in [0.1, 0.15) is 16.1 Å². The number of aromatic nitrogens is 4. The third kappa shape index (κ3) is 2.87. The zero-order valence-corrected chi connectivity index (χ0v) is 14.8. The summed E-state index contributed by atoms with van der Waals surface area (Å²) in [5, 5.41) is 0.00345. The van der Waals surface area contributed by atoms with Crippen molar-refractivity contribution in [3.63, 3.8) is 0 Å². The summed E-state index contributed by atoms with van der Waals surface area (Å²) in [6.07, 6.45) is -0.149. The maximum atomic E-state index is 13.2. The van der Waals surface area contributed by atoms with Crippen LogP contribution < -0.4 is 11.3 Å². The number of nitrogens with two attached hydrogens (primary N) is 1. The first-order valence-corrected chi connectivity index (χ1v) is 8.16. The number of nitrogens with zero attached hydrogens (tertiary/aromatic N) is 4. The summed E-state index contributed by atoms with van der Waals surface area (Å²) in [6, 6.07) is 4.84. The number of pyridine rings is 3. The molecule has 0 aliphatic carbocycles. The molecule has 0 saturated carbocycles. The fraction of sp³-hybridized carbons (Fsp3) is 0.111. The molecule has 2 N–H and O–H groups in total. The number of esters is 1. The van der Waals surface area contributed by atoms with Crippen LogP contribution in [0.5, 0.6) is 0 Å². The zero-order chi connectivity index (χ0) is 20.9. The number of methoxy groups -OCH3 is 1. The van der Waals surface area contributed by atoms with Gasteiger partial charge in [0.25, 0.3) is 5.56 Å². The molecule has 0 aromatic carbocycles. The van der Waals surface area contributed by atoms with Crippen molar-refractivity contribution >= 4 is 28.3 Å². The van der Waals surface area contributed by atoms with Gasteiger partial charge in [-0.3, -0.25) is 9.36 Å². The molecule has 0 fully saturated rings. The summed E-state index contributed by atoms with van der Waals surface area (Å²) in [5.41, 5.74) is 3.36. The van der Waals surface area contributed by atoms with E-state index in [2.05, 4.69) is 14.7 Å². The molecule has 0 amide bonds. The molecule has 0 aliphatic rings. The Morgan fingerprint density at radius 1 is 1.21 bits per heavy atom. The Hall–Kier alpha value is -3.89. The standard InChI is InChI=1S/C18H12F3N5O3/c1-29-17(28)13-14(22)10-3-4-11(18(19,20)21)24-15(10)26(16(13)27)9-2-5-12-23-6-7-25(12)8-9/h2-8H,22H2,1H3. The van der Waals surface area contributed by atoms with Gasteiger partial charge in [-0.25, -0.2) is 14.8 Å². The highest BCUT2D eigenvalue weighted by atomic mass is 19.4. The van der Waals surface area contributed by atoms with Crippen molar-refractivity contribution in [3.05, 3.63) is 64.5 Å². The second-order valence-electron chi connectivity index (χ2n) is 6.07. The van der Waals surface area contributed by atoms with Crippen molar-refractivity contribution in [1.29, 1.82) is 0 Å². The number of imidazole rings is 1. The molecule has 4 aromatic rings. The number of carbonyl (C=O) groups excluding carboxylic acids is 1. The molecule has 4 heterocycles. The molecule has 0 aliphatic heterocycles. The molecule has 11 heteroatoms. The van der Waals surface area contributed by atoms with E-state index in [4.69, 9.17) is 5.73 Å². The van der Waals surface area contributed by atoms with Crippen LogP contribution in [-0.4, -0.2) is 32.0 Å². The SMILES string of the molecule is COC(=O)c1c(N)c2ccc(C(F)(F)F)nc2n(-c2ccc3nccn3c2)c1=O. The highest BCUT2D eigenvalue weighted by Gasteiger charge is 2.34. The molecule has 0 atom stereocenters. The second-order valence-corrected chi connectivity index (χ2v) is 6.07. The Labute approximate surface area is 160 Å². The Balaban J connectivity index is 2.16. The average Bonchev–Trinajstić information content (AvgIpc) is 3.14. The normalized spacial score (nSPS) is 11.9. The quantitative estimate of drug-likeness (QED) is 0.516. The van der Waals surface area contributed by atoms with Crippen molar-refractivity contribution in [2.24, 2.45) is 0 Å². The Morgan fingerprint density at radius 2 is 1.97 bits per heavy atom. The molecule has 0 bridgehead atoms. The monoisotopic (exact) mass is 403 g/mol. The van der Waals surface area contributed by atoms with E-state index in [-0.39, 0.29) is 22.4 Å². The lowest BCUT2D eigenvalue weighted by Gasteiger charge is -2.16. The van der Waals surface area contributed by atoms with E-state index in [1.807, 2.05) is 0 Å². The minimum absolute atomic E-state index is 0.00345. The van der Waals surface area contributed by atoms with Crippen LogP contribution >= 0.6 is 0 Å². The highest BCUT2D eigenvalue weighted by Crippen LogP contribution is 2.31. The molecule has 0 saturated heterocycles. The lowest BCUT2D eigenvalue weighted by atomic mass is 10.1. The molecule has 0 unspecified atom stereocenters. The first-order chi connectivity index (χ1) is 13.7. The van der Waals surface area contributed by atoms with Gasteiger partial charge < -0.3 is 14.9 Å². The molecular formula is C18H12F3N5O3. The third-order valence-corrected chi connectivity index (χ3v) is 4.37. The average molecular weight is 403 g/mol. The number of alkyl halides is 3. The smallest absolute Gasteiger partial charge is 0.433 e. The van der Waals surface area contributed by atoms with Crippen molar-refractivity contribution < 1.29 is 22.7 Å². The van der Waals surface area contributed by atoms with E-state index < -0.39 is 29.0 Å². The van der Waals surface area contributed by atoms with E-state index in [9.17, 15) is 22.8 Å². The molecule has 148 valence electrons. The van der Waals surface area contributed by atoms with E-state index in [1.54, 1.807) is 16.7 Å². The Morgan fingerprint density at radius 3 is 2.66 bits per heavy atom. The van der Waals surface area contributed by atoms with Gasteiger partial charge in [-0.1, -0.05) is 0 Å². The number of hydrogen-bond acceptors (Lipinski definition) is 6. The maximum Gasteiger partial charge on any atom is 0.433 e. The van der Waals surface area contributed by atoms with E-state index in [1.165, 1.54) is 18.5 Å². The number of ether oxygens (including phenoxy) is 1. The van der Waals surface area contributed by atoms with Gasteiger partial charge in [-0.2, -0.15) is 13.2 Å². The molecule has 8 nitrogen and oxygen atoms in total. The highest BCUT2D eigenvalue weighted by molar-refractivity contribution is 6.03. The molecule has 0 spiro atoms. The Bertz CT molecular complexity index is 1340. The molecule has 29 heavy (non-hydrogen) atoms. The van der Waals surface area contributed by atoms with Gasteiger partial charge in [0.15, 0.2) is 0 Å². The van der Waals surface area contributed by atoms with Crippen LogP contribution in [0.4, 0.5) is 18.9 Å². The van der Waals surface area contributed by atoms with Crippen molar-refractivity contribution in [1.82, 2.24) is 18.9 Å². The van der Waals surface area contributed by atoms with Crippen LogP contribution in [0.3, 0.4) is 0 Å². The third-order valence-electron chi connectivity index (χ3n) is 4.37. The lowest BCUT2D eigenvalue weighted by Crippen LogP contribution is -2.29. The minimum Gasteiger partial charge on any atom is -0.465 e. The van der Waals surface area contributed by atoms with Gasteiger partial charge in [0.1, 0.15) is 22.6 Å². The topological polar surface area (TPSA) is 105 Å². The van der Waals surface area contributed by atoms with Crippen LogP contribution in [0, 0.1) is 0 Å². The van der Waals surface area contributed by atoms with Crippen LogP contribution in [0.25, 0.3) is 22.4 Å². The van der Waals surface area contributed by atoms with Gasteiger partial charge in [0.2, 0.25) is 0 Å². The van der Waals surface area contributed by atoms with E-state index in [0.717, 1.165) is 23.8 Å². The summed E-state index contributed by atoms with van der Waals surface area (Å²) in [7, 11) is 1.07. The van der Waals surface area contributed by atoms with Crippen LogP contribution in [-0.2, 0) is 10.9 Å². The van der Waals surface area contributed by atoms with Crippen LogP contribution in [0.2, 0.25) is 0 Å². The first-order valence-electron chi connectivity index (χ1n) is 8.16. The van der Waals surface area contributed by atoms with Crippen molar-refractivity contribution in [2.45, 2.75) is 6.18 Å². The predicted molar refractivity (Wildman–Crippen MR) is 96.8 cm³/mol. The molecular weight excluding hydrogens is 391 g/mol. The maximum absolute atomic E-state index is 13.2. The van der Waals surface area contributed by atoms with Crippen LogP contribution in [0.15, 0.2) is 47.7 Å². The number of halogens is 3. The summed E-state index contributed by atoms with van der Waals surface area (Å²) in [5.74, 6) is -1.01. The number of fused-ring (bicyclic) bond motifs is 2. The second kappa shape index (κ2) is 6.33. The molecule has 4 rings (SSSR count). The van der Waals surface area contributed by atoms with Crippen molar-refractivity contribution in [2.75, 3.05) is 12.8 Å². The van der Waals surface area contributed by atoms with Gasteiger partial charge in [-0.15, -0.1) is 0 Å². The lowest BCUT2D eigenvalue weighted by molar-refractivity contribution is -0.141. The fourth-order valence-electron chi connectivity index (χ4n) is 3.02. The number of nitrogen functional groups attached to an aromatic ring is 1. The molecule has 4 aromatic heterocycles. The van der Waals surface area contributed by atoms with Crippen molar-refractivity contribution in [3.8, 4) is 5.69 Å². The predicted octanol–water partition coefficient (Wildman–Crippen LogP) is 2.42. The zero-order valence-electron chi connectivity index (χ0n) is 14.8. The number of carbonyl (C=O) groups is 1. The number of anilines is 1. The number of hydrogen-bond donors (Lipinski definition) is 1. The minimum atomic E-state index is -4.74. The van der Waals surface area contributed by atoms with E-state index in [0.29, 0.717) is 5.65 Å². The van der Waals surface area contributed by atoms with Gasteiger partial charge in [0.05, 0.1) is 18.5 Å². The first kappa shape index (κ1) is 18.5. The Kier molecular flexibility index (Phi) is 4.03. The summed E-state index contributed by atoms with van der Waals surface area (Å²) < 4.78 is 46.7. The summed E-state index contributed by atoms with van der Waals surface area (Å²) in [6.45, 7) is 0. The van der Waals surface area contributed by atoms with Gasteiger partial charge in [0, 0.05) is 24.0 Å². The van der Waals surface area contributed by atoms with Gasteiger partial charge in [-0.05, 0) is 24.3 Å². The number of rotatable bonds is 2. The molecule has 0 radical (unpaired) electrons. The fourth-order valence-corrected chi connectivity index (χ4v) is 3.02. The van der Waals surface area contributed by atoms with Gasteiger partial charge >= 0.3 is 12.1 Å². The summed E-state index contributed by atoms with van der Waals surface area (Å²) >= 11 is 0. The summed E-state index contributed by atoms with van der Waals surface area (Å²) in [4.78, 5) is 32.9. The largest absolute Gasteiger partial charge is 0.465 e.